The van der Waals surface area contributed by atoms with Crippen molar-refractivity contribution in [3.63, 3.8) is 0 Å². The molecule has 0 aliphatic carbocycles. The summed E-state index contributed by atoms with van der Waals surface area (Å²) in [6.07, 6.45) is 3.09. The predicted molar refractivity (Wildman–Crippen MR) is 88.3 cm³/mol. The zero-order chi connectivity index (χ0) is 17.0. The first-order chi connectivity index (χ1) is 10.8. The molecular formula is C17H18N2O3S. The van der Waals surface area contributed by atoms with Crippen LogP contribution < -0.4 is 4.72 Å². The Morgan fingerprint density at radius 3 is 2.39 bits per heavy atom. The number of pyridine rings is 1. The molecule has 1 heterocycles. The maximum Gasteiger partial charge on any atom is 0.241 e. The molecule has 0 spiro atoms. The van der Waals surface area contributed by atoms with E-state index in [1.54, 1.807) is 30.5 Å². The summed E-state index contributed by atoms with van der Waals surface area (Å²) in [4.78, 5) is 15.8. The summed E-state index contributed by atoms with van der Waals surface area (Å²) < 4.78 is 27.7. The van der Waals surface area contributed by atoms with Gasteiger partial charge in [0.15, 0.2) is 5.78 Å². The van der Waals surface area contributed by atoms with Gasteiger partial charge in [0.2, 0.25) is 10.0 Å². The third-order valence-electron chi connectivity index (χ3n) is 3.42. The number of nitrogens with zero attached hydrogens (tertiary/aromatic N) is 1. The lowest BCUT2D eigenvalue weighted by Crippen LogP contribution is -2.31. The van der Waals surface area contributed by atoms with Crippen LogP contribution in [0.4, 0.5) is 0 Å². The van der Waals surface area contributed by atoms with Crippen molar-refractivity contribution in [2.75, 3.05) is 0 Å². The summed E-state index contributed by atoms with van der Waals surface area (Å²) in [6, 6.07) is 9.00. The lowest BCUT2D eigenvalue weighted by molar-refractivity contribution is -0.113. The number of Topliss-reactive ketones (excluding diaryl/α,β-unsaturated/α-hetero) is 1. The first-order valence-corrected chi connectivity index (χ1v) is 8.48. The quantitative estimate of drug-likeness (QED) is 0.826. The molecule has 0 aliphatic heterocycles. The van der Waals surface area contributed by atoms with Gasteiger partial charge in [0.1, 0.15) is 0 Å². The number of aryl methyl sites for hydroxylation is 1. The summed E-state index contributed by atoms with van der Waals surface area (Å²) in [5, 5.41) is 0. The molecule has 1 N–H and O–H groups in total. The summed E-state index contributed by atoms with van der Waals surface area (Å²) in [7, 11) is -3.79. The smallest absolute Gasteiger partial charge is 0.241 e. The number of sulfonamides is 1. The van der Waals surface area contributed by atoms with E-state index in [4.69, 9.17) is 0 Å². The van der Waals surface area contributed by atoms with Crippen LogP contribution in [-0.4, -0.2) is 19.2 Å². The second-order valence-electron chi connectivity index (χ2n) is 5.24. The normalized spacial score (nSPS) is 12.6. The summed E-state index contributed by atoms with van der Waals surface area (Å²) in [5.74, 6) is -0.287. The van der Waals surface area contributed by atoms with Crippen LogP contribution in [0.15, 0.2) is 65.8 Å². The van der Waals surface area contributed by atoms with Gasteiger partial charge in [-0.25, -0.2) is 8.42 Å². The summed E-state index contributed by atoms with van der Waals surface area (Å²) in [5.41, 5.74) is 1.68. The van der Waals surface area contributed by atoms with E-state index in [9.17, 15) is 13.2 Å². The van der Waals surface area contributed by atoms with E-state index in [2.05, 4.69) is 16.3 Å². The minimum atomic E-state index is -3.79. The number of carbonyl (C=O) groups excluding carboxylic acids is 1. The van der Waals surface area contributed by atoms with Crippen LogP contribution >= 0.6 is 0 Å². The molecule has 2 rings (SSSR count). The highest BCUT2D eigenvalue weighted by Crippen LogP contribution is 2.23. The second kappa shape index (κ2) is 6.85. The van der Waals surface area contributed by atoms with E-state index in [1.807, 2.05) is 6.92 Å². The highest BCUT2D eigenvalue weighted by Gasteiger charge is 2.25. The van der Waals surface area contributed by atoms with Gasteiger partial charge < -0.3 is 0 Å². The van der Waals surface area contributed by atoms with Crippen molar-refractivity contribution >= 4 is 15.8 Å². The molecule has 1 aromatic carbocycles. The highest BCUT2D eigenvalue weighted by molar-refractivity contribution is 7.89. The first-order valence-electron chi connectivity index (χ1n) is 7.00. The van der Waals surface area contributed by atoms with Crippen molar-refractivity contribution in [3.05, 3.63) is 72.1 Å². The molecule has 0 unspecified atom stereocenters. The van der Waals surface area contributed by atoms with E-state index < -0.39 is 16.1 Å². The van der Waals surface area contributed by atoms with Gasteiger partial charge in [0.25, 0.3) is 0 Å². The van der Waals surface area contributed by atoms with E-state index in [-0.39, 0.29) is 16.3 Å². The van der Waals surface area contributed by atoms with Crippen LogP contribution in [0.2, 0.25) is 0 Å². The molecule has 2 aromatic rings. The maximum atomic E-state index is 12.6. The first kappa shape index (κ1) is 17.1. The molecule has 6 heteroatoms. The third kappa shape index (κ3) is 4.12. The van der Waals surface area contributed by atoms with Gasteiger partial charge in [0.05, 0.1) is 10.9 Å². The van der Waals surface area contributed by atoms with Crippen molar-refractivity contribution < 1.29 is 13.2 Å². The molecule has 0 saturated heterocycles. The SMILES string of the molecule is C=C(C(C)=O)[C@H](NS(=O)(=O)c1ccc(C)cc1)c1cccnc1. The van der Waals surface area contributed by atoms with E-state index in [0.29, 0.717) is 5.56 Å². The fourth-order valence-corrected chi connectivity index (χ4v) is 3.25. The van der Waals surface area contributed by atoms with Crippen molar-refractivity contribution in [3.8, 4) is 0 Å². The molecule has 0 bridgehead atoms. The Morgan fingerprint density at radius 2 is 1.87 bits per heavy atom. The summed E-state index contributed by atoms with van der Waals surface area (Å²) >= 11 is 0. The Bertz CT molecular complexity index is 813. The van der Waals surface area contributed by atoms with Crippen molar-refractivity contribution in [2.24, 2.45) is 0 Å². The molecule has 120 valence electrons. The molecule has 23 heavy (non-hydrogen) atoms. The van der Waals surface area contributed by atoms with Gasteiger partial charge in [-0.05, 0) is 37.6 Å². The van der Waals surface area contributed by atoms with Crippen molar-refractivity contribution in [1.29, 1.82) is 0 Å². The number of carbonyl (C=O) groups is 1. The molecule has 1 aromatic heterocycles. The molecule has 0 amide bonds. The topological polar surface area (TPSA) is 76.1 Å². The number of hydrogen-bond acceptors (Lipinski definition) is 4. The minimum absolute atomic E-state index is 0.133. The highest BCUT2D eigenvalue weighted by atomic mass is 32.2. The summed E-state index contributed by atoms with van der Waals surface area (Å²) in [6.45, 7) is 6.95. The Morgan fingerprint density at radius 1 is 1.22 bits per heavy atom. The molecule has 0 fully saturated rings. The molecule has 5 nitrogen and oxygen atoms in total. The Balaban J connectivity index is 2.39. The van der Waals surface area contributed by atoms with E-state index in [1.165, 1.54) is 25.3 Å². The Labute approximate surface area is 136 Å². The van der Waals surface area contributed by atoms with Crippen LogP contribution in [0.5, 0.6) is 0 Å². The number of aromatic nitrogens is 1. The van der Waals surface area contributed by atoms with Gasteiger partial charge in [-0.3, -0.25) is 9.78 Å². The molecule has 0 aliphatic rings. The number of rotatable bonds is 6. The average molecular weight is 330 g/mol. The van der Waals surface area contributed by atoms with Crippen LogP contribution in [0.1, 0.15) is 24.1 Å². The zero-order valence-corrected chi connectivity index (χ0v) is 13.8. The maximum absolute atomic E-state index is 12.6. The number of benzene rings is 1. The standard InChI is InChI=1S/C17H18N2O3S/c1-12-6-8-16(9-7-12)23(21,22)19-17(13(2)14(3)20)15-5-4-10-18-11-15/h4-11,17,19H,2H2,1,3H3/t17-/m0/s1. The van der Waals surface area contributed by atoms with Gasteiger partial charge in [-0.1, -0.05) is 30.3 Å². The average Bonchev–Trinajstić information content (AvgIpc) is 2.53. The lowest BCUT2D eigenvalue weighted by atomic mass is 10.00. The molecule has 0 radical (unpaired) electrons. The lowest BCUT2D eigenvalue weighted by Gasteiger charge is -2.20. The van der Waals surface area contributed by atoms with Crippen LogP contribution in [0, 0.1) is 6.92 Å². The molecule has 0 saturated carbocycles. The monoisotopic (exact) mass is 330 g/mol. The van der Waals surface area contributed by atoms with E-state index in [0.717, 1.165) is 5.56 Å². The minimum Gasteiger partial charge on any atom is -0.295 e. The zero-order valence-electron chi connectivity index (χ0n) is 13.0. The third-order valence-corrected chi connectivity index (χ3v) is 4.86. The number of nitrogens with one attached hydrogen (secondary N) is 1. The van der Waals surface area contributed by atoms with Crippen LogP contribution in [0.3, 0.4) is 0 Å². The van der Waals surface area contributed by atoms with Crippen molar-refractivity contribution in [2.45, 2.75) is 24.8 Å². The van der Waals surface area contributed by atoms with Crippen molar-refractivity contribution in [1.82, 2.24) is 9.71 Å². The fraction of sp³-hybridized carbons (Fsp3) is 0.176. The van der Waals surface area contributed by atoms with E-state index >= 15 is 0 Å². The van der Waals surface area contributed by atoms with Gasteiger partial charge in [0, 0.05) is 18.0 Å². The Hall–Kier alpha value is -2.31. The van der Waals surface area contributed by atoms with Gasteiger partial charge in [-0.15, -0.1) is 0 Å². The molecular weight excluding hydrogens is 312 g/mol. The number of ketones is 1. The van der Waals surface area contributed by atoms with Gasteiger partial charge >= 0.3 is 0 Å². The predicted octanol–water partition coefficient (Wildman–Crippen LogP) is 2.55. The fourth-order valence-electron chi connectivity index (χ4n) is 2.03. The van der Waals surface area contributed by atoms with Crippen LogP contribution in [-0.2, 0) is 14.8 Å². The molecule has 1 atom stereocenters. The van der Waals surface area contributed by atoms with Crippen LogP contribution in [0.25, 0.3) is 0 Å². The second-order valence-corrected chi connectivity index (χ2v) is 6.95. The largest absolute Gasteiger partial charge is 0.295 e. The van der Waals surface area contributed by atoms with Gasteiger partial charge in [-0.2, -0.15) is 4.72 Å². The Kier molecular flexibility index (Phi) is 5.08. The number of hydrogen-bond donors (Lipinski definition) is 1.